The molecule has 0 unspecified atom stereocenters. The Bertz CT molecular complexity index is 416. The van der Waals surface area contributed by atoms with E-state index in [1.54, 1.807) is 11.8 Å². The smallest absolute Gasteiger partial charge is 0.223 e. The summed E-state index contributed by atoms with van der Waals surface area (Å²) in [4.78, 5) is 14.9. The van der Waals surface area contributed by atoms with Gasteiger partial charge in [-0.05, 0) is 37.1 Å². The van der Waals surface area contributed by atoms with Crippen LogP contribution in [0.2, 0.25) is 5.02 Å². The lowest BCUT2D eigenvalue weighted by molar-refractivity contribution is -0.132. The fourth-order valence-corrected chi connectivity index (χ4v) is 3.03. The topological polar surface area (TPSA) is 40.5 Å². The Hall–Kier alpha value is -0.710. The third-order valence-electron chi connectivity index (χ3n) is 3.22. The van der Waals surface area contributed by atoms with E-state index in [-0.39, 0.29) is 12.0 Å². The van der Waals surface area contributed by atoms with Gasteiger partial charge in [0.05, 0.1) is 6.10 Å². The zero-order chi connectivity index (χ0) is 13.7. The quantitative estimate of drug-likeness (QED) is 0.869. The maximum absolute atomic E-state index is 12.0. The highest BCUT2D eigenvalue weighted by atomic mass is 35.5. The van der Waals surface area contributed by atoms with Crippen LogP contribution in [0.4, 0.5) is 0 Å². The molecule has 0 bridgehead atoms. The van der Waals surface area contributed by atoms with Crippen molar-refractivity contribution >= 4 is 29.3 Å². The summed E-state index contributed by atoms with van der Waals surface area (Å²) in [5.41, 5.74) is 0. The number of hydrogen-bond donors (Lipinski definition) is 1. The van der Waals surface area contributed by atoms with E-state index in [1.807, 2.05) is 29.2 Å². The molecule has 3 nitrogen and oxygen atoms in total. The lowest BCUT2D eigenvalue weighted by Crippen LogP contribution is -2.40. The minimum atomic E-state index is -0.229. The van der Waals surface area contributed by atoms with Crippen molar-refractivity contribution in [1.29, 1.82) is 0 Å². The Kier molecular flexibility index (Phi) is 5.55. The van der Waals surface area contributed by atoms with Crippen molar-refractivity contribution in [2.45, 2.75) is 30.3 Å². The molecule has 1 N–H and O–H groups in total. The molecule has 1 aromatic carbocycles. The number of benzene rings is 1. The zero-order valence-electron chi connectivity index (χ0n) is 10.7. The van der Waals surface area contributed by atoms with E-state index in [0.717, 1.165) is 15.7 Å². The molecular formula is C14H18ClNO2S. The van der Waals surface area contributed by atoms with Crippen LogP contribution in [0.25, 0.3) is 0 Å². The van der Waals surface area contributed by atoms with Crippen molar-refractivity contribution in [2.75, 3.05) is 18.8 Å². The number of likely N-dealkylation sites (tertiary alicyclic amines) is 1. The van der Waals surface area contributed by atoms with Crippen molar-refractivity contribution < 1.29 is 9.90 Å². The van der Waals surface area contributed by atoms with E-state index in [2.05, 4.69) is 0 Å². The molecular weight excluding hydrogens is 282 g/mol. The number of nitrogens with zero attached hydrogens (tertiary/aromatic N) is 1. The van der Waals surface area contributed by atoms with E-state index in [4.69, 9.17) is 11.6 Å². The van der Waals surface area contributed by atoms with Gasteiger partial charge in [-0.3, -0.25) is 4.79 Å². The van der Waals surface area contributed by atoms with E-state index in [9.17, 15) is 9.90 Å². The molecule has 1 aliphatic rings. The first-order valence-electron chi connectivity index (χ1n) is 6.49. The molecule has 1 aromatic rings. The molecule has 1 heterocycles. The Labute approximate surface area is 122 Å². The van der Waals surface area contributed by atoms with Gasteiger partial charge < -0.3 is 10.0 Å². The van der Waals surface area contributed by atoms with Crippen LogP contribution in [0.15, 0.2) is 29.2 Å². The third kappa shape index (κ3) is 4.71. The van der Waals surface area contributed by atoms with Gasteiger partial charge >= 0.3 is 0 Å². The van der Waals surface area contributed by atoms with Crippen molar-refractivity contribution in [3.05, 3.63) is 29.3 Å². The number of thioether (sulfide) groups is 1. The first kappa shape index (κ1) is 14.7. The summed E-state index contributed by atoms with van der Waals surface area (Å²) in [6, 6.07) is 7.65. The van der Waals surface area contributed by atoms with Gasteiger partial charge in [0, 0.05) is 35.2 Å². The van der Waals surface area contributed by atoms with Crippen LogP contribution < -0.4 is 0 Å². The Balaban J connectivity index is 1.70. The molecule has 5 heteroatoms. The zero-order valence-corrected chi connectivity index (χ0v) is 12.3. The molecule has 104 valence electrons. The van der Waals surface area contributed by atoms with Crippen LogP contribution in [0.5, 0.6) is 0 Å². The van der Waals surface area contributed by atoms with Crippen molar-refractivity contribution in [3.63, 3.8) is 0 Å². The van der Waals surface area contributed by atoms with Gasteiger partial charge in [0.1, 0.15) is 0 Å². The molecule has 0 aromatic heterocycles. The minimum absolute atomic E-state index is 0.188. The summed E-state index contributed by atoms with van der Waals surface area (Å²) in [5, 5.41) is 10.1. The lowest BCUT2D eigenvalue weighted by atomic mass is 10.1. The second-order valence-corrected chi connectivity index (χ2v) is 6.27. The standard InChI is InChI=1S/C14H18ClNO2S/c15-11-1-3-13(4-2-11)19-10-7-14(18)16-8-5-12(17)6-9-16/h1-4,12,17H,5-10H2. The van der Waals surface area contributed by atoms with Crippen LogP contribution in [0.3, 0.4) is 0 Å². The van der Waals surface area contributed by atoms with Crippen LogP contribution in [-0.4, -0.2) is 40.9 Å². The summed E-state index contributed by atoms with van der Waals surface area (Å²) in [5.74, 6) is 0.966. The third-order valence-corrected chi connectivity index (χ3v) is 4.48. The van der Waals surface area contributed by atoms with E-state index in [0.29, 0.717) is 32.4 Å². The highest BCUT2D eigenvalue weighted by Gasteiger charge is 2.20. The maximum Gasteiger partial charge on any atom is 0.223 e. The second-order valence-electron chi connectivity index (χ2n) is 4.66. The molecule has 19 heavy (non-hydrogen) atoms. The number of piperidine rings is 1. The van der Waals surface area contributed by atoms with Crippen LogP contribution in [0.1, 0.15) is 19.3 Å². The molecule has 0 radical (unpaired) electrons. The van der Waals surface area contributed by atoms with Gasteiger partial charge in [-0.2, -0.15) is 0 Å². The predicted octanol–water partition coefficient (Wildman–Crippen LogP) is 2.81. The lowest BCUT2D eigenvalue weighted by Gasteiger charge is -2.29. The molecule has 0 spiro atoms. The summed E-state index contributed by atoms with van der Waals surface area (Å²) < 4.78 is 0. The van der Waals surface area contributed by atoms with Gasteiger partial charge in [-0.15, -0.1) is 11.8 Å². The Morgan fingerprint density at radius 3 is 2.58 bits per heavy atom. The number of carbonyl (C=O) groups is 1. The molecule has 0 atom stereocenters. The predicted molar refractivity (Wildman–Crippen MR) is 78.6 cm³/mol. The molecule has 0 aliphatic carbocycles. The summed E-state index contributed by atoms with van der Waals surface area (Å²) >= 11 is 7.49. The highest BCUT2D eigenvalue weighted by Crippen LogP contribution is 2.21. The first-order valence-corrected chi connectivity index (χ1v) is 7.86. The molecule has 1 fully saturated rings. The number of hydrogen-bond acceptors (Lipinski definition) is 3. The highest BCUT2D eigenvalue weighted by molar-refractivity contribution is 7.99. The Morgan fingerprint density at radius 1 is 1.32 bits per heavy atom. The van der Waals surface area contributed by atoms with Crippen molar-refractivity contribution in [2.24, 2.45) is 0 Å². The molecule has 2 rings (SSSR count). The summed E-state index contributed by atoms with van der Waals surface area (Å²) in [6.45, 7) is 1.37. The largest absolute Gasteiger partial charge is 0.393 e. The average Bonchev–Trinajstić information content (AvgIpc) is 2.41. The second kappa shape index (κ2) is 7.17. The number of rotatable bonds is 4. The number of amides is 1. The average molecular weight is 300 g/mol. The fourth-order valence-electron chi connectivity index (χ4n) is 2.06. The van der Waals surface area contributed by atoms with Gasteiger partial charge in [0.2, 0.25) is 5.91 Å². The first-order chi connectivity index (χ1) is 9.15. The number of carbonyl (C=O) groups excluding carboxylic acids is 1. The Morgan fingerprint density at radius 2 is 1.95 bits per heavy atom. The fraction of sp³-hybridized carbons (Fsp3) is 0.500. The van der Waals surface area contributed by atoms with E-state index >= 15 is 0 Å². The molecule has 1 saturated heterocycles. The van der Waals surface area contributed by atoms with Gasteiger partial charge in [0.25, 0.3) is 0 Å². The maximum atomic E-state index is 12.0. The van der Waals surface area contributed by atoms with E-state index in [1.165, 1.54) is 0 Å². The van der Waals surface area contributed by atoms with Crippen LogP contribution in [-0.2, 0) is 4.79 Å². The normalized spacial score (nSPS) is 16.6. The summed E-state index contributed by atoms with van der Waals surface area (Å²) in [6.07, 6.45) is 1.72. The van der Waals surface area contributed by atoms with Gasteiger partial charge in [-0.25, -0.2) is 0 Å². The molecule has 0 saturated carbocycles. The van der Waals surface area contributed by atoms with Gasteiger partial charge in [-0.1, -0.05) is 11.6 Å². The monoisotopic (exact) mass is 299 g/mol. The van der Waals surface area contributed by atoms with Crippen molar-refractivity contribution in [1.82, 2.24) is 4.90 Å². The minimum Gasteiger partial charge on any atom is -0.393 e. The SMILES string of the molecule is O=C(CCSc1ccc(Cl)cc1)N1CCC(O)CC1. The molecule has 1 amide bonds. The molecule has 1 aliphatic heterocycles. The van der Waals surface area contributed by atoms with Crippen LogP contribution in [0, 0.1) is 0 Å². The number of aliphatic hydroxyl groups is 1. The number of halogens is 1. The van der Waals surface area contributed by atoms with E-state index < -0.39 is 0 Å². The van der Waals surface area contributed by atoms with Crippen LogP contribution >= 0.6 is 23.4 Å². The number of aliphatic hydroxyl groups excluding tert-OH is 1. The van der Waals surface area contributed by atoms with Crippen molar-refractivity contribution in [3.8, 4) is 0 Å². The van der Waals surface area contributed by atoms with Gasteiger partial charge in [0.15, 0.2) is 0 Å². The summed E-state index contributed by atoms with van der Waals surface area (Å²) in [7, 11) is 0.